The van der Waals surface area contributed by atoms with E-state index < -0.39 is 12.1 Å². The van der Waals surface area contributed by atoms with Gasteiger partial charge in [0.25, 0.3) is 5.91 Å². The van der Waals surface area contributed by atoms with Crippen molar-refractivity contribution < 1.29 is 14.3 Å². The van der Waals surface area contributed by atoms with Gasteiger partial charge in [0.15, 0.2) is 6.10 Å². The van der Waals surface area contributed by atoms with Gasteiger partial charge in [-0.2, -0.15) is 5.26 Å². The zero-order valence-electron chi connectivity index (χ0n) is 15.4. The number of para-hydroxylation sites is 1. The van der Waals surface area contributed by atoms with Gasteiger partial charge in [0, 0.05) is 5.69 Å². The van der Waals surface area contributed by atoms with Crippen LogP contribution in [0.2, 0.25) is 0 Å². The highest BCUT2D eigenvalue weighted by atomic mass is 16.5. The molecule has 1 amide bonds. The van der Waals surface area contributed by atoms with E-state index in [1.165, 1.54) is 31.2 Å². The first-order valence-corrected chi connectivity index (χ1v) is 8.45. The maximum Gasteiger partial charge on any atom is 0.338 e. The molecular weight excluding hydrogens is 328 g/mol. The van der Waals surface area contributed by atoms with Gasteiger partial charge in [0.2, 0.25) is 0 Å². The lowest BCUT2D eigenvalue weighted by molar-refractivity contribution is -0.123. The Morgan fingerprint density at radius 2 is 1.73 bits per heavy atom. The first-order chi connectivity index (χ1) is 12.3. The Morgan fingerprint density at radius 1 is 1.08 bits per heavy atom. The zero-order chi connectivity index (χ0) is 19.3. The highest BCUT2D eigenvalue weighted by Gasteiger charge is 2.21. The summed E-state index contributed by atoms with van der Waals surface area (Å²) in [7, 11) is 0. The van der Waals surface area contributed by atoms with E-state index in [0.29, 0.717) is 11.1 Å². The summed E-state index contributed by atoms with van der Waals surface area (Å²) < 4.78 is 5.25. The first kappa shape index (κ1) is 19.2. The number of esters is 1. The molecule has 0 aromatic heterocycles. The van der Waals surface area contributed by atoms with Crippen molar-refractivity contribution >= 4 is 17.6 Å². The molecule has 0 aliphatic heterocycles. The first-order valence-electron chi connectivity index (χ1n) is 8.45. The molecule has 2 aromatic rings. The molecule has 0 saturated heterocycles. The maximum absolute atomic E-state index is 12.5. The van der Waals surface area contributed by atoms with Crippen molar-refractivity contribution in [3.05, 3.63) is 64.7 Å². The normalized spacial score (nSPS) is 11.5. The van der Waals surface area contributed by atoms with Crippen molar-refractivity contribution in [1.29, 1.82) is 5.26 Å². The minimum Gasteiger partial charge on any atom is -0.449 e. The topological polar surface area (TPSA) is 79.2 Å². The molecule has 5 nitrogen and oxygen atoms in total. The van der Waals surface area contributed by atoms with Crippen LogP contribution in [0.25, 0.3) is 0 Å². The number of carbonyl (C=O) groups excluding carboxylic acids is 2. The third-order valence-corrected chi connectivity index (χ3v) is 4.08. The Morgan fingerprint density at radius 3 is 2.31 bits per heavy atom. The Kier molecular flexibility index (Phi) is 6.13. The Hall–Kier alpha value is -3.13. The molecule has 2 aromatic carbocycles. The molecular formula is C21H22N2O3. The molecule has 2 rings (SSSR count). The second-order valence-electron chi connectivity index (χ2n) is 6.42. The zero-order valence-corrected chi connectivity index (χ0v) is 15.4. The van der Waals surface area contributed by atoms with Crippen LogP contribution in [0, 0.1) is 18.3 Å². The SMILES string of the molecule is Cc1cccc(C(C)C)c1NC(=O)[C@@H](C)OC(=O)c1ccc(C#N)cc1. The van der Waals surface area contributed by atoms with Gasteiger partial charge >= 0.3 is 5.97 Å². The van der Waals surface area contributed by atoms with Crippen LogP contribution >= 0.6 is 0 Å². The minimum atomic E-state index is -0.947. The fourth-order valence-electron chi connectivity index (χ4n) is 2.53. The van der Waals surface area contributed by atoms with Crippen molar-refractivity contribution in [1.82, 2.24) is 0 Å². The fraction of sp³-hybridized carbons (Fsp3) is 0.286. The minimum absolute atomic E-state index is 0.252. The summed E-state index contributed by atoms with van der Waals surface area (Å²) in [6.07, 6.45) is -0.947. The van der Waals surface area contributed by atoms with Crippen LogP contribution in [0.5, 0.6) is 0 Å². The predicted octanol–water partition coefficient (Wildman–Crippen LogP) is 4.17. The molecule has 0 heterocycles. The molecule has 0 spiro atoms. The number of amides is 1. The lowest BCUT2D eigenvalue weighted by Crippen LogP contribution is -2.30. The van der Waals surface area contributed by atoms with Gasteiger partial charge in [-0.3, -0.25) is 4.79 Å². The van der Waals surface area contributed by atoms with Crippen LogP contribution < -0.4 is 5.32 Å². The van der Waals surface area contributed by atoms with E-state index in [0.717, 1.165) is 16.8 Å². The lowest BCUT2D eigenvalue weighted by atomic mass is 9.98. The third kappa shape index (κ3) is 4.48. The van der Waals surface area contributed by atoms with Gasteiger partial charge in [-0.15, -0.1) is 0 Å². The number of hydrogen-bond donors (Lipinski definition) is 1. The second kappa shape index (κ2) is 8.30. The number of aryl methyl sites for hydroxylation is 1. The van der Waals surface area contributed by atoms with E-state index >= 15 is 0 Å². The van der Waals surface area contributed by atoms with E-state index in [-0.39, 0.29) is 11.8 Å². The lowest BCUT2D eigenvalue weighted by Gasteiger charge is -2.19. The molecule has 0 bridgehead atoms. The molecule has 0 saturated carbocycles. The Labute approximate surface area is 153 Å². The molecule has 0 fully saturated rings. The van der Waals surface area contributed by atoms with Gasteiger partial charge in [0.1, 0.15) is 0 Å². The van der Waals surface area contributed by atoms with Gasteiger partial charge in [-0.25, -0.2) is 4.79 Å². The van der Waals surface area contributed by atoms with Crippen LogP contribution in [-0.4, -0.2) is 18.0 Å². The molecule has 0 aliphatic rings. The van der Waals surface area contributed by atoms with E-state index in [1.807, 2.05) is 31.2 Å². The predicted molar refractivity (Wildman–Crippen MR) is 99.9 cm³/mol. The fourth-order valence-corrected chi connectivity index (χ4v) is 2.53. The number of ether oxygens (including phenoxy) is 1. The number of hydrogen-bond acceptors (Lipinski definition) is 4. The highest BCUT2D eigenvalue weighted by Crippen LogP contribution is 2.27. The van der Waals surface area contributed by atoms with Gasteiger partial charge in [-0.05, 0) is 55.2 Å². The van der Waals surface area contributed by atoms with E-state index in [9.17, 15) is 9.59 Å². The summed E-state index contributed by atoms with van der Waals surface area (Å²) in [5, 5.41) is 11.7. The quantitative estimate of drug-likeness (QED) is 0.821. The van der Waals surface area contributed by atoms with E-state index in [2.05, 4.69) is 19.2 Å². The number of anilines is 1. The Bertz CT molecular complexity index is 849. The summed E-state index contributed by atoms with van der Waals surface area (Å²) >= 11 is 0. The number of nitrogens with one attached hydrogen (secondary N) is 1. The number of carbonyl (C=O) groups is 2. The summed E-state index contributed by atoms with van der Waals surface area (Å²) in [6, 6.07) is 13.9. The number of rotatable bonds is 5. The summed E-state index contributed by atoms with van der Waals surface area (Å²) in [4.78, 5) is 24.6. The van der Waals surface area contributed by atoms with Crippen LogP contribution in [0.3, 0.4) is 0 Å². The van der Waals surface area contributed by atoms with E-state index in [4.69, 9.17) is 10.00 Å². The maximum atomic E-state index is 12.5. The number of benzene rings is 2. The summed E-state index contributed by atoms with van der Waals surface area (Å²) in [5.74, 6) is -0.740. The monoisotopic (exact) mass is 350 g/mol. The van der Waals surface area contributed by atoms with Gasteiger partial charge < -0.3 is 10.1 Å². The molecule has 5 heteroatoms. The van der Waals surface area contributed by atoms with Gasteiger partial charge in [0.05, 0.1) is 17.2 Å². The number of nitrogens with zero attached hydrogens (tertiary/aromatic N) is 1. The van der Waals surface area contributed by atoms with Crippen LogP contribution in [0.4, 0.5) is 5.69 Å². The standard InChI is InChI=1S/C21H22N2O3/c1-13(2)18-7-5-6-14(3)19(18)23-20(24)15(4)26-21(25)17-10-8-16(12-22)9-11-17/h5-11,13,15H,1-4H3,(H,23,24)/t15-/m1/s1. The molecule has 1 atom stereocenters. The van der Waals surface area contributed by atoms with Crippen LogP contribution in [-0.2, 0) is 9.53 Å². The molecule has 0 aliphatic carbocycles. The second-order valence-corrected chi connectivity index (χ2v) is 6.42. The highest BCUT2D eigenvalue weighted by molar-refractivity contribution is 5.98. The molecule has 0 unspecified atom stereocenters. The summed E-state index contributed by atoms with van der Waals surface area (Å²) in [6.45, 7) is 7.57. The van der Waals surface area contributed by atoms with Crippen molar-refractivity contribution in [2.45, 2.75) is 39.7 Å². The third-order valence-electron chi connectivity index (χ3n) is 4.08. The van der Waals surface area contributed by atoms with Crippen molar-refractivity contribution in [3.8, 4) is 6.07 Å². The average Bonchev–Trinajstić information content (AvgIpc) is 2.62. The Balaban J connectivity index is 2.08. The molecule has 134 valence electrons. The smallest absolute Gasteiger partial charge is 0.338 e. The molecule has 1 N–H and O–H groups in total. The van der Waals surface area contributed by atoms with Crippen LogP contribution in [0.1, 0.15) is 53.7 Å². The van der Waals surface area contributed by atoms with Crippen molar-refractivity contribution in [2.24, 2.45) is 0 Å². The summed E-state index contributed by atoms with van der Waals surface area (Å²) in [5.41, 5.74) is 3.49. The van der Waals surface area contributed by atoms with Gasteiger partial charge in [-0.1, -0.05) is 32.0 Å². The van der Waals surface area contributed by atoms with E-state index in [1.54, 1.807) is 0 Å². The number of nitriles is 1. The molecule has 0 radical (unpaired) electrons. The molecule has 26 heavy (non-hydrogen) atoms. The average molecular weight is 350 g/mol. The van der Waals surface area contributed by atoms with Crippen molar-refractivity contribution in [3.63, 3.8) is 0 Å². The van der Waals surface area contributed by atoms with Crippen molar-refractivity contribution in [2.75, 3.05) is 5.32 Å². The largest absolute Gasteiger partial charge is 0.449 e. The van der Waals surface area contributed by atoms with Crippen LogP contribution in [0.15, 0.2) is 42.5 Å².